The van der Waals surface area contributed by atoms with Gasteiger partial charge < -0.3 is 0 Å². The lowest BCUT2D eigenvalue weighted by molar-refractivity contribution is 1.18. The summed E-state index contributed by atoms with van der Waals surface area (Å²) < 4.78 is 1.30. The van der Waals surface area contributed by atoms with Crippen molar-refractivity contribution in [2.75, 3.05) is 0 Å². The number of rotatable bonds is 2. The van der Waals surface area contributed by atoms with Gasteiger partial charge in [0, 0.05) is 3.57 Å². The number of hydrogen-bond donors (Lipinski definition) is 0. The SMILES string of the molecule is Cc1cccc(Cc2cccc(I)c2)c1. The summed E-state index contributed by atoms with van der Waals surface area (Å²) in [5.41, 5.74) is 4.10. The fraction of sp³-hybridized carbons (Fsp3) is 0.143. The van der Waals surface area contributed by atoms with Crippen LogP contribution in [0.5, 0.6) is 0 Å². The quantitative estimate of drug-likeness (QED) is 0.730. The fourth-order valence-corrected chi connectivity index (χ4v) is 2.31. The van der Waals surface area contributed by atoms with Gasteiger partial charge in [0.25, 0.3) is 0 Å². The summed E-state index contributed by atoms with van der Waals surface area (Å²) in [6, 6.07) is 17.4. The van der Waals surface area contributed by atoms with E-state index in [4.69, 9.17) is 0 Å². The zero-order valence-corrected chi connectivity index (χ0v) is 10.9. The molecule has 0 nitrogen and oxygen atoms in total. The molecule has 2 aromatic rings. The van der Waals surface area contributed by atoms with E-state index < -0.39 is 0 Å². The van der Waals surface area contributed by atoms with Crippen molar-refractivity contribution < 1.29 is 0 Å². The van der Waals surface area contributed by atoms with E-state index in [1.807, 2.05) is 0 Å². The van der Waals surface area contributed by atoms with Gasteiger partial charge in [0.2, 0.25) is 0 Å². The molecular weight excluding hydrogens is 295 g/mol. The van der Waals surface area contributed by atoms with E-state index in [-0.39, 0.29) is 0 Å². The van der Waals surface area contributed by atoms with Crippen molar-refractivity contribution in [3.8, 4) is 0 Å². The molecule has 0 atom stereocenters. The van der Waals surface area contributed by atoms with Crippen LogP contribution in [0, 0.1) is 10.5 Å². The van der Waals surface area contributed by atoms with Crippen LogP contribution in [-0.2, 0) is 6.42 Å². The lowest BCUT2D eigenvalue weighted by atomic mass is 10.0. The normalized spacial score (nSPS) is 10.3. The molecule has 1 heteroatoms. The van der Waals surface area contributed by atoms with E-state index in [9.17, 15) is 0 Å². The largest absolute Gasteiger partial charge is 0.0617 e. The molecule has 2 rings (SSSR count). The topological polar surface area (TPSA) is 0 Å². The summed E-state index contributed by atoms with van der Waals surface area (Å²) in [6.07, 6.45) is 1.03. The lowest BCUT2D eigenvalue weighted by Gasteiger charge is -2.03. The molecule has 0 saturated heterocycles. The Bertz CT molecular complexity index is 417. The van der Waals surface area contributed by atoms with Crippen molar-refractivity contribution in [2.24, 2.45) is 0 Å². The molecule has 0 heterocycles. The summed E-state index contributed by atoms with van der Waals surface area (Å²) in [7, 11) is 0. The van der Waals surface area contributed by atoms with E-state index in [2.05, 4.69) is 78.0 Å². The van der Waals surface area contributed by atoms with Crippen LogP contribution < -0.4 is 0 Å². The van der Waals surface area contributed by atoms with Gasteiger partial charge in [-0.1, -0.05) is 42.0 Å². The predicted octanol–water partition coefficient (Wildman–Crippen LogP) is 4.19. The standard InChI is InChI=1S/C14H13I/c1-11-4-2-5-12(8-11)9-13-6-3-7-14(15)10-13/h2-8,10H,9H2,1H3. The first-order valence-corrected chi connectivity index (χ1v) is 6.12. The first kappa shape index (κ1) is 10.7. The van der Waals surface area contributed by atoms with Gasteiger partial charge in [0.1, 0.15) is 0 Å². The van der Waals surface area contributed by atoms with Crippen LogP contribution in [0.3, 0.4) is 0 Å². The van der Waals surface area contributed by atoms with Gasteiger partial charge in [-0.3, -0.25) is 0 Å². The molecule has 0 amide bonds. The Morgan fingerprint density at radius 1 is 0.933 bits per heavy atom. The highest BCUT2D eigenvalue weighted by Crippen LogP contribution is 2.13. The average molecular weight is 308 g/mol. The summed E-state index contributed by atoms with van der Waals surface area (Å²) >= 11 is 2.35. The van der Waals surface area contributed by atoms with Crippen LogP contribution in [0.25, 0.3) is 0 Å². The van der Waals surface area contributed by atoms with E-state index >= 15 is 0 Å². The molecule has 0 unspecified atom stereocenters. The first-order valence-electron chi connectivity index (χ1n) is 5.04. The number of halogens is 1. The fourth-order valence-electron chi connectivity index (χ4n) is 1.70. The zero-order chi connectivity index (χ0) is 10.7. The third-order valence-corrected chi connectivity index (χ3v) is 3.05. The zero-order valence-electron chi connectivity index (χ0n) is 8.70. The van der Waals surface area contributed by atoms with Gasteiger partial charge in [-0.15, -0.1) is 0 Å². The Morgan fingerprint density at radius 3 is 2.27 bits per heavy atom. The number of aryl methyl sites for hydroxylation is 1. The second-order valence-corrected chi connectivity index (χ2v) is 5.04. The minimum atomic E-state index is 1.03. The van der Waals surface area contributed by atoms with Crippen molar-refractivity contribution in [1.82, 2.24) is 0 Å². The summed E-state index contributed by atoms with van der Waals surface area (Å²) in [6.45, 7) is 2.14. The lowest BCUT2D eigenvalue weighted by Crippen LogP contribution is -1.89. The highest BCUT2D eigenvalue weighted by Gasteiger charge is 1.97. The van der Waals surface area contributed by atoms with Gasteiger partial charge in [-0.05, 0) is 59.2 Å². The van der Waals surface area contributed by atoms with Crippen LogP contribution in [0.1, 0.15) is 16.7 Å². The van der Waals surface area contributed by atoms with Gasteiger partial charge in [0.05, 0.1) is 0 Å². The van der Waals surface area contributed by atoms with Crippen molar-refractivity contribution in [2.45, 2.75) is 13.3 Å². The molecule has 0 bridgehead atoms. The molecule has 76 valence electrons. The molecular formula is C14H13I. The minimum absolute atomic E-state index is 1.03. The molecule has 0 spiro atoms. The Kier molecular flexibility index (Phi) is 3.41. The van der Waals surface area contributed by atoms with Crippen molar-refractivity contribution in [1.29, 1.82) is 0 Å². The maximum Gasteiger partial charge on any atom is 0.0133 e. The molecule has 0 aliphatic heterocycles. The Labute approximate surface area is 104 Å². The van der Waals surface area contributed by atoms with Crippen molar-refractivity contribution in [3.63, 3.8) is 0 Å². The Morgan fingerprint density at radius 2 is 1.60 bits per heavy atom. The molecule has 0 N–H and O–H groups in total. The highest BCUT2D eigenvalue weighted by atomic mass is 127. The van der Waals surface area contributed by atoms with Crippen LogP contribution in [0.15, 0.2) is 48.5 Å². The molecule has 0 aliphatic rings. The maximum atomic E-state index is 2.35. The van der Waals surface area contributed by atoms with E-state index in [0.717, 1.165) is 6.42 Å². The molecule has 0 aromatic heterocycles. The maximum absolute atomic E-state index is 2.35. The smallest absolute Gasteiger partial charge is 0.0133 e. The van der Waals surface area contributed by atoms with Crippen molar-refractivity contribution in [3.05, 3.63) is 68.8 Å². The monoisotopic (exact) mass is 308 g/mol. The first-order chi connectivity index (χ1) is 7.24. The third kappa shape index (κ3) is 3.06. The molecule has 0 fully saturated rings. The van der Waals surface area contributed by atoms with E-state index in [1.54, 1.807) is 0 Å². The second-order valence-electron chi connectivity index (χ2n) is 3.80. The number of hydrogen-bond acceptors (Lipinski definition) is 0. The second kappa shape index (κ2) is 4.79. The molecule has 15 heavy (non-hydrogen) atoms. The Hall–Kier alpha value is -0.830. The minimum Gasteiger partial charge on any atom is -0.0617 e. The van der Waals surface area contributed by atoms with Crippen LogP contribution in [0.2, 0.25) is 0 Å². The summed E-state index contributed by atoms with van der Waals surface area (Å²) in [5.74, 6) is 0. The van der Waals surface area contributed by atoms with Gasteiger partial charge in [-0.25, -0.2) is 0 Å². The van der Waals surface area contributed by atoms with Gasteiger partial charge in [-0.2, -0.15) is 0 Å². The predicted molar refractivity (Wildman–Crippen MR) is 73.1 cm³/mol. The van der Waals surface area contributed by atoms with Crippen LogP contribution in [0.4, 0.5) is 0 Å². The molecule has 0 saturated carbocycles. The highest BCUT2D eigenvalue weighted by molar-refractivity contribution is 14.1. The van der Waals surface area contributed by atoms with Gasteiger partial charge in [0.15, 0.2) is 0 Å². The molecule has 0 radical (unpaired) electrons. The van der Waals surface area contributed by atoms with E-state index in [1.165, 1.54) is 20.3 Å². The Balaban J connectivity index is 2.22. The average Bonchev–Trinajstić information content (AvgIpc) is 2.17. The van der Waals surface area contributed by atoms with Crippen LogP contribution in [-0.4, -0.2) is 0 Å². The summed E-state index contributed by atoms with van der Waals surface area (Å²) in [4.78, 5) is 0. The van der Waals surface area contributed by atoms with Crippen molar-refractivity contribution >= 4 is 22.6 Å². The summed E-state index contributed by atoms with van der Waals surface area (Å²) in [5, 5.41) is 0. The van der Waals surface area contributed by atoms with E-state index in [0.29, 0.717) is 0 Å². The molecule has 2 aromatic carbocycles. The van der Waals surface area contributed by atoms with Gasteiger partial charge >= 0.3 is 0 Å². The van der Waals surface area contributed by atoms with Crippen LogP contribution >= 0.6 is 22.6 Å². The molecule has 0 aliphatic carbocycles. The third-order valence-electron chi connectivity index (χ3n) is 2.38. The number of benzene rings is 2.